The van der Waals surface area contributed by atoms with Crippen LogP contribution in [-0.2, 0) is 4.79 Å². The molecule has 0 bridgehead atoms. The molecule has 1 N–H and O–H groups in total. The average Bonchev–Trinajstić information content (AvgIpc) is 2.04. The van der Waals surface area contributed by atoms with Gasteiger partial charge in [-0.1, -0.05) is 13.0 Å². The summed E-state index contributed by atoms with van der Waals surface area (Å²) in [7, 11) is 0. The highest BCUT2D eigenvalue weighted by atomic mass is 16.5. The fourth-order valence-corrected chi connectivity index (χ4v) is 0.871. The first-order valence-corrected chi connectivity index (χ1v) is 4.06. The van der Waals surface area contributed by atoms with E-state index in [2.05, 4.69) is 0 Å². The van der Waals surface area contributed by atoms with Crippen molar-refractivity contribution in [1.82, 2.24) is 0 Å². The number of esters is 1. The number of carbonyl (C=O) groups excluding carboxylic acids is 1. The summed E-state index contributed by atoms with van der Waals surface area (Å²) >= 11 is 0. The molecule has 0 aliphatic rings. The first kappa shape index (κ1) is 9.58. The fourth-order valence-electron chi connectivity index (χ4n) is 0.871. The molecule has 0 aromatic heterocycles. The molecular weight excluding hydrogens is 168 g/mol. The van der Waals surface area contributed by atoms with Crippen molar-refractivity contribution in [3.63, 3.8) is 0 Å². The van der Waals surface area contributed by atoms with Crippen molar-refractivity contribution in [2.45, 2.75) is 13.3 Å². The van der Waals surface area contributed by atoms with Gasteiger partial charge < -0.3 is 9.84 Å². The van der Waals surface area contributed by atoms with Crippen molar-refractivity contribution in [2.75, 3.05) is 0 Å². The number of hydrogen-bond donors (Lipinski definition) is 1. The molecule has 0 spiro atoms. The van der Waals surface area contributed by atoms with E-state index in [9.17, 15) is 4.79 Å². The van der Waals surface area contributed by atoms with Gasteiger partial charge >= 0.3 is 5.97 Å². The predicted octanol–water partition coefficient (Wildman–Crippen LogP) is 1.91. The number of hydrogen-bond acceptors (Lipinski definition) is 3. The minimum absolute atomic E-state index is 0.0850. The molecular formula is C10H11O3. The van der Waals surface area contributed by atoms with E-state index < -0.39 is 5.97 Å². The number of phenolic OH excluding ortho intramolecular Hbond substituents is 1. The third-order valence-corrected chi connectivity index (χ3v) is 1.41. The van der Waals surface area contributed by atoms with E-state index in [1.165, 1.54) is 18.6 Å². The zero-order valence-electron chi connectivity index (χ0n) is 7.36. The third-order valence-electron chi connectivity index (χ3n) is 1.41. The lowest BCUT2D eigenvalue weighted by Crippen LogP contribution is -2.07. The van der Waals surface area contributed by atoms with Gasteiger partial charge in [0, 0.05) is 6.07 Å². The van der Waals surface area contributed by atoms with E-state index in [-0.39, 0.29) is 5.75 Å². The topological polar surface area (TPSA) is 46.5 Å². The van der Waals surface area contributed by atoms with Crippen molar-refractivity contribution < 1.29 is 14.6 Å². The minimum atomic E-state index is -0.395. The summed E-state index contributed by atoms with van der Waals surface area (Å²) < 4.78 is 4.88. The molecule has 69 valence electrons. The maximum atomic E-state index is 11.0. The number of benzene rings is 1. The standard InChI is InChI=1S/C10H11O3/c1-2-4-10(12)13-9-6-3-5-8(11)7-9/h3-7,11H,2H2,1H3. The molecule has 0 unspecified atom stereocenters. The molecule has 0 fully saturated rings. The molecule has 1 radical (unpaired) electrons. The molecule has 0 saturated carbocycles. The summed E-state index contributed by atoms with van der Waals surface area (Å²) in [5.74, 6) is 0.0459. The summed E-state index contributed by atoms with van der Waals surface area (Å²) in [4.78, 5) is 11.0. The molecule has 1 aromatic carbocycles. The monoisotopic (exact) mass is 179 g/mol. The van der Waals surface area contributed by atoms with Crippen LogP contribution in [0, 0.1) is 6.42 Å². The van der Waals surface area contributed by atoms with Gasteiger partial charge in [0.1, 0.15) is 11.5 Å². The molecule has 0 aliphatic carbocycles. The smallest absolute Gasteiger partial charge is 0.315 e. The molecule has 0 heterocycles. The van der Waals surface area contributed by atoms with Crippen molar-refractivity contribution in [3.8, 4) is 11.5 Å². The Morgan fingerprint density at radius 1 is 1.62 bits per heavy atom. The van der Waals surface area contributed by atoms with Gasteiger partial charge in [0.25, 0.3) is 0 Å². The maximum absolute atomic E-state index is 11.0. The molecule has 0 atom stereocenters. The van der Waals surface area contributed by atoms with Crippen molar-refractivity contribution in [2.24, 2.45) is 0 Å². The molecule has 0 aliphatic heterocycles. The fraction of sp³-hybridized carbons (Fsp3) is 0.200. The van der Waals surface area contributed by atoms with Gasteiger partial charge in [-0.3, -0.25) is 4.79 Å². The summed E-state index contributed by atoms with van der Waals surface area (Å²) in [5.41, 5.74) is 0. The second-order valence-corrected chi connectivity index (χ2v) is 2.53. The van der Waals surface area contributed by atoms with Gasteiger partial charge in [0.15, 0.2) is 0 Å². The molecule has 0 amide bonds. The first-order chi connectivity index (χ1) is 6.22. The van der Waals surface area contributed by atoms with Crippen LogP contribution < -0.4 is 4.74 Å². The number of rotatable bonds is 3. The Kier molecular flexibility index (Phi) is 3.31. The van der Waals surface area contributed by atoms with Crippen LogP contribution in [0.2, 0.25) is 0 Å². The predicted molar refractivity (Wildman–Crippen MR) is 48.3 cm³/mol. The maximum Gasteiger partial charge on any atom is 0.315 e. The van der Waals surface area contributed by atoms with Crippen LogP contribution in [0.4, 0.5) is 0 Å². The molecule has 1 rings (SSSR count). The van der Waals surface area contributed by atoms with Crippen molar-refractivity contribution in [1.29, 1.82) is 0 Å². The van der Waals surface area contributed by atoms with Gasteiger partial charge in [-0.2, -0.15) is 0 Å². The largest absolute Gasteiger partial charge is 0.508 e. The van der Waals surface area contributed by atoms with Crippen LogP contribution in [0.15, 0.2) is 24.3 Å². The Morgan fingerprint density at radius 2 is 2.38 bits per heavy atom. The van der Waals surface area contributed by atoms with Gasteiger partial charge in [0.05, 0.1) is 6.42 Å². The van der Waals surface area contributed by atoms with Gasteiger partial charge in [-0.15, -0.1) is 0 Å². The van der Waals surface area contributed by atoms with Crippen molar-refractivity contribution >= 4 is 5.97 Å². The highest BCUT2D eigenvalue weighted by Crippen LogP contribution is 2.17. The number of carbonyl (C=O) groups is 1. The van der Waals surface area contributed by atoms with E-state index in [0.29, 0.717) is 12.2 Å². The Labute approximate surface area is 77.0 Å². The zero-order chi connectivity index (χ0) is 9.68. The van der Waals surface area contributed by atoms with E-state index >= 15 is 0 Å². The van der Waals surface area contributed by atoms with Crippen LogP contribution >= 0.6 is 0 Å². The SMILES string of the molecule is CC[CH]C(=O)Oc1cccc(O)c1. The first-order valence-electron chi connectivity index (χ1n) is 4.06. The summed E-state index contributed by atoms with van der Waals surface area (Å²) in [6, 6.07) is 6.13. The van der Waals surface area contributed by atoms with Crippen LogP contribution in [0.1, 0.15) is 13.3 Å². The van der Waals surface area contributed by atoms with Gasteiger partial charge in [-0.25, -0.2) is 0 Å². The summed E-state index contributed by atoms with van der Waals surface area (Å²) in [6.45, 7) is 1.85. The molecule has 1 aromatic rings. The Bertz CT molecular complexity index is 294. The van der Waals surface area contributed by atoms with Crippen LogP contribution in [0.5, 0.6) is 11.5 Å². The van der Waals surface area contributed by atoms with E-state index in [1.807, 2.05) is 6.92 Å². The van der Waals surface area contributed by atoms with Gasteiger partial charge in [-0.05, 0) is 18.6 Å². The van der Waals surface area contributed by atoms with E-state index in [1.54, 1.807) is 12.1 Å². The second-order valence-electron chi connectivity index (χ2n) is 2.53. The molecule has 3 nitrogen and oxygen atoms in total. The highest BCUT2D eigenvalue weighted by molar-refractivity contribution is 5.80. The minimum Gasteiger partial charge on any atom is -0.508 e. The number of aromatic hydroxyl groups is 1. The van der Waals surface area contributed by atoms with E-state index in [0.717, 1.165) is 0 Å². The molecule has 13 heavy (non-hydrogen) atoms. The number of ether oxygens (including phenoxy) is 1. The Morgan fingerprint density at radius 3 is 3.00 bits per heavy atom. The number of phenols is 1. The highest BCUT2D eigenvalue weighted by Gasteiger charge is 2.03. The van der Waals surface area contributed by atoms with Gasteiger partial charge in [0.2, 0.25) is 0 Å². The lowest BCUT2D eigenvalue weighted by molar-refractivity contribution is -0.130. The van der Waals surface area contributed by atoms with Crippen LogP contribution in [0.25, 0.3) is 0 Å². The lowest BCUT2D eigenvalue weighted by atomic mass is 10.3. The Balaban J connectivity index is 2.58. The molecule has 3 heteroatoms. The normalized spacial score (nSPS) is 9.62. The van der Waals surface area contributed by atoms with Crippen LogP contribution in [-0.4, -0.2) is 11.1 Å². The zero-order valence-corrected chi connectivity index (χ0v) is 7.36. The summed E-state index contributed by atoms with van der Waals surface area (Å²) in [6.07, 6.45) is 2.07. The van der Waals surface area contributed by atoms with Crippen LogP contribution in [0.3, 0.4) is 0 Å². The average molecular weight is 179 g/mol. The second kappa shape index (κ2) is 4.50. The van der Waals surface area contributed by atoms with Crippen molar-refractivity contribution in [3.05, 3.63) is 30.7 Å². The quantitative estimate of drug-likeness (QED) is 0.569. The lowest BCUT2D eigenvalue weighted by Gasteiger charge is -2.02. The molecule has 0 saturated heterocycles. The summed E-state index contributed by atoms with van der Waals surface area (Å²) in [5, 5.41) is 9.05. The Hall–Kier alpha value is -1.51. The van der Waals surface area contributed by atoms with E-state index in [4.69, 9.17) is 9.84 Å². The third kappa shape index (κ3) is 3.15.